The highest BCUT2D eigenvalue weighted by Crippen LogP contribution is 2.35. The van der Waals surface area contributed by atoms with E-state index in [-0.39, 0.29) is 23.3 Å². The number of hydrogen-bond acceptors (Lipinski definition) is 3. The zero-order chi connectivity index (χ0) is 16.6. The van der Waals surface area contributed by atoms with Gasteiger partial charge in [-0.05, 0) is 40.2 Å². The van der Waals surface area contributed by atoms with Crippen LogP contribution in [-0.2, 0) is 9.59 Å². The molecule has 1 aliphatic rings. The molecule has 0 spiro atoms. The highest BCUT2D eigenvalue weighted by atomic mass is 79.9. The summed E-state index contributed by atoms with van der Waals surface area (Å²) in [5.41, 5.74) is 1.06. The van der Waals surface area contributed by atoms with Gasteiger partial charge >= 0.3 is 0 Å². The quantitative estimate of drug-likeness (QED) is 0.753. The van der Waals surface area contributed by atoms with Crippen molar-refractivity contribution in [3.05, 3.63) is 57.0 Å². The summed E-state index contributed by atoms with van der Waals surface area (Å²) in [6.45, 7) is 0. The number of benzene rings is 2. The number of halogens is 3. The maximum atomic E-state index is 12.6. The van der Waals surface area contributed by atoms with E-state index in [1.807, 2.05) is 24.3 Å². The number of amides is 2. The molecule has 0 aliphatic carbocycles. The molecule has 118 valence electrons. The van der Waals surface area contributed by atoms with Gasteiger partial charge in [0.1, 0.15) is 6.04 Å². The molecule has 1 fully saturated rings. The van der Waals surface area contributed by atoms with E-state index in [0.29, 0.717) is 10.7 Å². The Hall–Kier alpha value is -1.56. The second kappa shape index (κ2) is 6.51. The zero-order valence-electron chi connectivity index (χ0n) is 11.7. The molecule has 2 amide bonds. The Morgan fingerprint density at radius 2 is 1.83 bits per heavy atom. The molecule has 4 nitrogen and oxygen atoms in total. The summed E-state index contributed by atoms with van der Waals surface area (Å²) in [5, 5.41) is 3.58. The molecule has 0 bridgehead atoms. The normalized spacial score (nSPS) is 17.7. The van der Waals surface area contributed by atoms with Gasteiger partial charge < -0.3 is 5.32 Å². The van der Waals surface area contributed by atoms with Crippen molar-refractivity contribution < 1.29 is 9.59 Å². The number of hydrogen-bond donors (Lipinski definition) is 1. The SMILES string of the molecule is O=C1C[C@H](Nc2ccccc2Br)C(=O)N1c1cccc(Cl)c1Cl. The van der Waals surface area contributed by atoms with Crippen LogP contribution in [0.2, 0.25) is 10.0 Å². The van der Waals surface area contributed by atoms with Crippen molar-refractivity contribution in [3.8, 4) is 0 Å². The van der Waals surface area contributed by atoms with Gasteiger partial charge in [0.15, 0.2) is 0 Å². The Morgan fingerprint density at radius 3 is 2.57 bits per heavy atom. The van der Waals surface area contributed by atoms with Gasteiger partial charge in [-0.15, -0.1) is 0 Å². The van der Waals surface area contributed by atoms with Gasteiger partial charge in [-0.2, -0.15) is 0 Å². The second-order valence-corrected chi connectivity index (χ2v) is 6.66. The minimum absolute atomic E-state index is 0.0585. The van der Waals surface area contributed by atoms with Gasteiger partial charge in [-0.1, -0.05) is 41.4 Å². The van der Waals surface area contributed by atoms with Crippen LogP contribution >= 0.6 is 39.1 Å². The van der Waals surface area contributed by atoms with Crippen LogP contribution in [0, 0.1) is 0 Å². The highest BCUT2D eigenvalue weighted by molar-refractivity contribution is 9.10. The summed E-state index contributed by atoms with van der Waals surface area (Å²) in [6, 6.07) is 11.6. The number of para-hydroxylation sites is 1. The molecule has 1 heterocycles. The van der Waals surface area contributed by atoms with Crippen LogP contribution in [0.15, 0.2) is 46.9 Å². The molecular weight excluding hydrogens is 403 g/mol. The average Bonchev–Trinajstić information content (AvgIpc) is 2.79. The molecule has 2 aromatic rings. The smallest absolute Gasteiger partial charge is 0.256 e. The third-order valence-corrected chi connectivity index (χ3v) is 5.02. The molecule has 1 N–H and O–H groups in total. The Balaban J connectivity index is 1.89. The fourth-order valence-corrected chi connectivity index (χ4v) is 3.21. The van der Waals surface area contributed by atoms with Gasteiger partial charge in [-0.3, -0.25) is 9.59 Å². The molecule has 2 aromatic carbocycles. The molecule has 1 aliphatic heterocycles. The Bertz CT molecular complexity index is 797. The molecule has 0 radical (unpaired) electrons. The lowest BCUT2D eigenvalue weighted by molar-refractivity contribution is -0.121. The van der Waals surface area contributed by atoms with Gasteiger partial charge in [0.05, 0.1) is 22.2 Å². The Morgan fingerprint density at radius 1 is 1.09 bits per heavy atom. The van der Waals surface area contributed by atoms with Crippen LogP contribution in [0.3, 0.4) is 0 Å². The molecule has 0 aromatic heterocycles. The van der Waals surface area contributed by atoms with Gasteiger partial charge in [0.2, 0.25) is 5.91 Å². The van der Waals surface area contributed by atoms with Crippen molar-refractivity contribution >= 4 is 62.3 Å². The number of anilines is 2. The van der Waals surface area contributed by atoms with Crippen LogP contribution in [-0.4, -0.2) is 17.9 Å². The summed E-state index contributed by atoms with van der Waals surface area (Å²) in [5.74, 6) is -0.668. The summed E-state index contributed by atoms with van der Waals surface area (Å²) in [6.07, 6.45) is 0.0585. The van der Waals surface area contributed by atoms with Crippen LogP contribution in [0.1, 0.15) is 6.42 Å². The van der Waals surface area contributed by atoms with Gasteiger partial charge in [0, 0.05) is 10.2 Å². The first-order valence-electron chi connectivity index (χ1n) is 6.81. The summed E-state index contributed by atoms with van der Waals surface area (Å²) in [4.78, 5) is 26.0. The van der Waals surface area contributed by atoms with E-state index in [1.54, 1.807) is 18.2 Å². The second-order valence-electron chi connectivity index (χ2n) is 5.02. The van der Waals surface area contributed by atoms with E-state index >= 15 is 0 Å². The van der Waals surface area contributed by atoms with Crippen LogP contribution in [0.5, 0.6) is 0 Å². The number of imide groups is 1. The molecule has 1 saturated heterocycles. The third-order valence-electron chi connectivity index (χ3n) is 3.52. The van der Waals surface area contributed by atoms with Gasteiger partial charge in [-0.25, -0.2) is 4.90 Å². The molecule has 0 unspecified atom stereocenters. The van der Waals surface area contributed by atoms with Crippen molar-refractivity contribution in [1.82, 2.24) is 0 Å². The standard InChI is InChI=1S/C16H11BrCl2N2O2/c17-9-4-1-2-6-11(9)20-12-8-14(22)21(16(12)23)13-7-3-5-10(18)15(13)19/h1-7,12,20H,8H2/t12-/m0/s1. The minimum Gasteiger partial charge on any atom is -0.372 e. The van der Waals surface area contributed by atoms with Crippen LogP contribution in [0.4, 0.5) is 11.4 Å². The van der Waals surface area contributed by atoms with Crippen molar-refractivity contribution in [2.45, 2.75) is 12.5 Å². The van der Waals surface area contributed by atoms with E-state index < -0.39 is 6.04 Å². The van der Waals surface area contributed by atoms with E-state index in [2.05, 4.69) is 21.2 Å². The molecule has 3 rings (SSSR count). The lowest BCUT2D eigenvalue weighted by Gasteiger charge is -2.18. The van der Waals surface area contributed by atoms with Crippen molar-refractivity contribution in [1.29, 1.82) is 0 Å². The number of nitrogens with zero attached hydrogens (tertiary/aromatic N) is 1. The summed E-state index contributed by atoms with van der Waals surface area (Å²) < 4.78 is 0.819. The molecule has 0 saturated carbocycles. The maximum Gasteiger partial charge on any atom is 0.256 e. The van der Waals surface area contributed by atoms with Crippen molar-refractivity contribution in [2.24, 2.45) is 0 Å². The van der Waals surface area contributed by atoms with Crippen LogP contribution < -0.4 is 10.2 Å². The lowest BCUT2D eigenvalue weighted by Crippen LogP contribution is -2.35. The highest BCUT2D eigenvalue weighted by Gasteiger charge is 2.40. The molecular formula is C16H11BrCl2N2O2. The maximum absolute atomic E-state index is 12.6. The minimum atomic E-state index is -0.642. The van der Waals surface area contributed by atoms with Crippen molar-refractivity contribution in [3.63, 3.8) is 0 Å². The van der Waals surface area contributed by atoms with Crippen molar-refractivity contribution in [2.75, 3.05) is 10.2 Å². The number of rotatable bonds is 3. The molecule has 7 heteroatoms. The monoisotopic (exact) mass is 412 g/mol. The predicted molar refractivity (Wildman–Crippen MR) is 95.1 cm³/mol. The fraction of sp³-hybridized carbons (Fsp3) is 0.125. The predicted octanol–water partition coefficient (Wildman–Crippen LogP) is 4.50. The molecule has 1 atom stereocenters. The third kappa shape index (κ3) is 3.09. The first kappa shape index (κ1) is 16.3. The zero-order valence-corrected chi connectivity index (χ0v) is 14.8. The number of carbonyl (C=O) groups excluding carboxylic acids is 2. The van der Waals surface area contributed by atoms with Gasteiger partial charge in [0.25, 0.3) is 5.91 Å². The number of nitrogens with one attached hydrogen (secondary N) is 1. The van der Waals surface area contributed by atoms with E-state index in [9.17, 15) is 9.59 Å². The number of carbonyl (C=O) groups is 2. The van der Waals surface area contributed by atoms with E-state index in [4.69, 9.17) is 23.2 Å². The van der Waals surface area contributed by atoms with Crippen LogP contribution in [0.25, 0.3) is 0 Å². The summed E-state index contributed by atoms with van der Waals surface area (Å²) >= 11 is 15.5. The topological polar surface area (TPSA) is 49.4 Å². The average molecular weight is 414 g/mol. The van der Waals surface area contributed by atoms with E-state index in [1.165, 1.54) is 0 Å². The Labute approximate surface area is 151 Å². The first-order valence-corrected chi connectivity index (χ1v) is 8.36. The largest absolute Gasteiger partial charge is 0.372 e. The lowest BCUT2D eigenvalue weighted by atomic mass is 10.2. The Kier molecular flexibility index (Phi) is 4.62. The fourth-order valence-electron chi connectivity index (χ4n) is 2.43. The first-order chi connectivity index (χ1) is 11.0. The van der Waals surface area contributed by atoms with E-state index in [0.717, 1.165) is 15.1 Å². The summed E-state index contributed by atoms with van der Waals surface area (Å²) in [7, 11) is 0. The molecule has 23 heavy (non-hydrogen) atoms.